The van der Waals surface area contributed by atoms with Crippen molar-refractivity contribution in [2.75, 3.05) is 6.54 Å². The van der Waals surface area contributed by atoms with Crippen LogP contribution >= 0.6 is 0 Å². The number of carbonyl (C=O) groups is 1. The summed E-state index contributed by atoms with van der Waals surface area (Å²) in [5.41, 5.74) is 0.412. The summed E-state index contributed by atoms with van der Waals surface area (Å²) >= 11 is 0. The third-order valence-corrected chi connectivity index (χ3v) is 2.90. The summed E-state index contributed by atoms with van der Waals surface area (Å²) in [7, 11) is 0. The lowest BCUT2D eigenvalue weighted by molar-refractivity contribution is 0.0221. The summed E-state index contributed by atoms with van der Waals surface area (Å²) in [6.07, 6.45) is -0.0367. The summed E-state index contributed by atoms with van der Waals surface area (Å²) in [5.74, 6) is -1.19. The lowest BCUT2D eigenvalue weighted by Crippen LogP contribution is -2.40. The average molecular weight is 269 g/mol. The van der Waals surface area contributed by atoms with Crippen molar-refractivity contribution in [3.05, 3.63) is 34.9 Å². The number of benzene rings is 1. The van der Waals surface area contributed by atoms with Gasteiger partial charge in [0.2, 0.25) is 0 Å². The van der Waals surface area contributed by atoms with Crippen molar-refractivity contribution in [2.24, 2.45) is 0 Å². The molecule has 0 saturated carbocycles. The van der Waals surface area contributed by atoms with Crippen molar-refractivity contribution >= 4 is 6.09 Å². The highest BCUT2D eigenvalue weighted by Gasteiger charge is 2.27. The summed E-state index contributed by atoms with van der Waals surface area (Å²) in [6.45, 7) is 5.86. The molecule has 0 spiro atoms. The second kappa shape index (κ2) is 4.79. The molecule has 19 heavy (non-hydrogen) atoms. The van der Waals surface area contributed by atoms with E-state index in [9.17, 15) is 13.6 Å². The van der Waals surface area contributed by atoms with Gasteiger partial charge in [0.05, 0.1) is 6.54 Å². The van der Waals surface area contributed by atoms with Gasteiger partial charge in [-0.1, -0.05) is 0 Å². The maximum Gasteiger partial charge on any atom is 0.410 e. The van der Waals surface area contributed by atoms with E-state index in [4.69, 9.17) is 4.74 Å². The van der Waals surface area contributed by atoms with E-state index in [-0.39, 0.29) is 6.54 Å². The molecule has 1 aromatic rings. The average Bonchev–Trinajstić information content (AvgIpc) is 2.25. The minimum atomic E-state index is -0.608. The second-order valence-electron chi connectivity index (χ2n) is 5.68. The van der Waals surface area contributed by atoms with E-state index in [1.165, 1.54) is 11.0 Å². The zero-order chi connectivity index (χ0) is 14.2. The molecule has 1 aromatic carbocycles. The molecule has 1 aliphatic rings. The Morgan fingerprint density at radius 2 is 2.00 bits per heavy atom. The van der Waals surface area contributed by atoms with Gasteiger partial charge in [-0.3, -0.25) is 0 Å². The highest BCUT2D eigenvalue weighted by molar-refractivity contribution is 5.68. The summed E-state index contributed by atoms with van der Waals surface area (Å²) in [4.78, 5) is 13.3. The maximum atomic E-state index is 13.7. The van der Waals surface area contributed by atoms with Gasteiger partial charge in [0, 0.05) is 18.2 Å². The number of hydrogen-bond donors (Lipinski definition) is 0. The van der Waals surface area contributed by atoms with E-state index >= 15 is 0 Å². The highest BCUT2D eigenvalue weighted by Crippen LogP contribution is 2.24. The van der Waals surface area contributed by atoms with Gasteiger partial charge in [-0.15, -0.1) is 0 Å². The molecular formula is C14H17F2NO2. The van der Waals surface area contributed by atoms with E-state index in [1.807, 2.05) is 0 Å². The maximum absolute atomic E-state index is 13.7. The number of carbonyl (C=O) groups excluding carboxylic acids is 1. The number of fused-ring (bicyclic) bond motifs is 1. The fourth-order valence-electron chi connectivity index (χ4n) is 2.06. The lowest BCUT2D eigenvalue weighted by atomic mass is 9.99. The normalized spacial score (nSPS) is 15.1. The third-order valence-electron chi connectivity index (χ3n) is 2.90. The predicted molar refractivity (Wildman–Crippen MR) is 66.7 cm³/mol. The SMILES string of the molecule is CC(C)(C)OC(=O)N1CCc2cc(F)cc(F)c2C1. The van der Waals surface area contributed by atoms with Crippen LogP contribution in [0.15, 0.2) is 12.1 Å². The number of ether oxygens (including phenoxy) is 1. The fraction of sp³-hybridized carbons (Fsp3) is 0.500. The Morgan fingerprint density at radius 3 is 2.63 bits per heavy atom. The molecule has 0 N–H and O–H groups in total. The Morgan fingerprint density at radius 1 is 1.32 bits per heavy atom. The number of amides is 1. The molecule has 104 valence electrons. The standard InChI is InChI=1S/C14H17F2NO2/c1-14(2,3)19-13(18)17-5-4-9-6-10(15)7-12(16)11(9)8-17/h6-7H,4-5,8H2,1-3H3. The first-order valence-electron chi connectivity index (χ1n) is 6.21. The minimum Gasteiger partial charge on any atom is -0.444 e. The van der Waals surface area contributed by atoms with Crippen molar-refractivity contribution in [3.63, 3.8) is 0 Å². The number of nitrogens with zero attached hydrogens (tertiary/aromatic N) is 1. The van der Waals surface area contributed by atoms with Gasteiger partial charge in [0.1, 0.15) is 17.2 Å². The van der Waals surface area contributed by atoms with Crippen LogP contribution in [0.4, 0.5) is 13.6 Å². The van der Waals surface area contributed by atoms with E-state index in [1.54, 1.807) is 20.8 Å². The largest absolute Gasteiger partial charge is 0.444 e. The molecule has 0 fully saturated rings. The first-order valence-corrected chi connectivity index (χ1v) is 6.21. The van der Waals surface area contributed by atoms with Crippen molar-refractivity contribution in [2.45, 2.75) is 39.3 Å². The summed E-state index contributed by atoms with van der Waals surface area (Å²) in [6, 6.07) is 2.17. The minimum absolute atomic E-state index is 0.121. The molecule has 0 aromatic heterocycles. The van der Waals surface area contributed by atoms with Crippen LogP contribution in [0.25, 0.3) is 0 Å². The topological polar surface area (TPSA) is 29.5 Å². The van der Waals surface area contributed by atoms with Crippen LogP contribution in [0.3, 0.4) is 0 Å². The number of halogens is 2. The van der Waals surface area contributed by atoms with Crippen LogP contribution in [-0.2, 0) is 17.7 Å². The molecule has 0 radical (unpaired) electrons. The van der Waals surface area contributed by atoms with E-state index in [0.29, 0.717) is 24.1 Å². The van der Waals surface area contributed by atoms with Crippen molar-refractivity contribution in [1.29, 1.82) is 0 Å². The molecule has 0 atom stereocenters. The second-order valence-corrected chi connectivity index (χ2v) is 5.68. The van der Waals surface area contributed by atoms with Gasteiger partial charge in [0.25, 0.3) is 0 Å². The quantitative estimate of drug-likeness (QED) is 0.723. The molecular weight excluding hydrogens is 252 g/mol. The zero-order valence-corrected chi connectivity index (χ0v) is 11.3. The summed E-state index contributed by atoms with van der Waals surface area (Å²) < 4.78 is 32.0. The van der Waals surface area contributed by atoms with Crippen molar-refractivity contribution in [1.82, 2.24) is 4.90 Å². The Bertz CT molecular complexity index is 509. The van der Waals surface area contributed by atoms with E-state index in [0.717, 1.165) is 6.07 Å². The zero-order valence-electron chi connectivity index (χ0n) is 11.3. The molecule has 1 amide bonds. The molecule has 0 unspecified atom stereocenters. The van der Waals surface area contributed by atoms with E-state index < -0.39 is 23.3 Å². The molecule has 0 saturated heterocycles. The molecule has 1 heterocycles. The van der Waals surface area contributed by atoms with Crippen LogP contribution in [0, 0.1) is 11.6 Å². The third kappa shape index (κ3) is 3.22. The smallest absolute Gasteiger partial charge is 0.410 e. The van der Waals surface area contributed by atoms with Crippen molar-refractivity contribution < 1.29 is 18.3 Å². The molecule has 3 nitrogen and oxygen atoms in total. The van der Waals surface area contributed by atoms with Crippen LogP contribution in [-0.4, -0.2) is 23.1 Å². The van der Waals surface area contributed by atoms with Gasteiger partial charge in [-0.2, -0.15) is 0 Å². The highest BCUT2D eigenvalue weighted by atomic mass is 19.1. The first kappa shape index (κ1) is 13.8. The first-order chi connectivity index (χ1) is 8.76. The monoisotopic (exact) mass is 269 g/mol. The van der Waals surface area contributed by atoms with Gasteiger partial charge in [-0.05, 0) is 38.8 Å². The Balaban J connectivity index is 2.16. The van der Waals surface area contributed by atoms with Gasteiger partial charge >= 0.3 is 6.09 Å². The molecule has 0 aliphatic carbocycles. The molecule has 2 rings (SSSR count). The summed E-state index contributed by atoms with van der Waals surface area (Å²) in [5, 5.41) is 0. The van der Waals surface area contributed by atoms with E-state index in [2.05, 4.69) is 0 Å². The lowest BCUT2D eigenvalue weighted by Gasteiger charge is -2.31. The Kier molecular flexibility index (Phi) is 3.47. The van der Waals surface area contributed by atoms with Crippen LogP contribution in [0.5, 0.6) is 0 Å². The number of rotatable bonds is 0. The fourth-order valence-corrected chi connectivity index (χ4v) is 2.06. The van der Waals surface area contributed by atoms with Crippen molar-refractivity contribution in [3.8, 4) is 0 Å². The Hall–Kier alpha value is -1.65. The predicted octanol–water partition coefficient (Wildman–Crippen LogP) is 3.26. The van der Waals surface area contributed by atoms with Crippen LogP contribution in [0.2, 0.25) is 0 Å². The van der Waals surface area contributed by atoms with Crippen LogP contribution in [0.1, 0.15) is 31.9 Å². The van der Waals surface area contributed by atoms with Gasteiger partial charge < -0.3 is 9.64 Å². The molecule has 0 bridgehead atoms. The van der Waals surface area contributed by atoms with Crippen LogP contribution < -0.4 is 0 Å². The molecule has 5 heteroatoms. The van der Waals surface area contributed by atoms with Gasteiger partial charge in [0.15, 0.2) is 0 Å². The Labute approximate surface area is 111 Å². The number of hydrogen-bond acceptors (Lipinski definition) is 2. The molecule has 1 aliphatic heterocycles. The van der Waals surface area contributed by atoms with Gasteiger partial charge in [-0.25, -0.2) is 13.6 Å².